The lowest BCUT2D eigenvalue weighted by Gasteiger charge is -2.32. The van der Waals surface area contributed by atoms with Crippen molar-refractivity contribution in [3.05, 3.63) is 53.6 Å². The minimum Gasteiger partial charge on any atom is -0.365 e. The number of piperidine rings is 1. The number of likely N-dealkylation sites (tertiary alicyclic amines) is 1. The first-order chi connectivity index (χ1) is 13.5. The molecule has 0 saturated carbocycles. The summed E-state index contributed by atoms with van der Waals surface area (Å²) in [6.45, 7) is 2.20. The fourth-order valence-electron chi connectivity index (χ4n) is 4.02. The Bertz CT molecular complexity index is 854. The van der Waals surface area contributed by atoms with Gasteiger partial charge in [-0.25, -0.2) is 4.98 Å². The molecule has 0 spiro atoms. The minimum atomic E-state index is -0.0636. The van der Waals surface area contributed by atoms with Crippen LogP contribution >= 0.6 is 0 Å². The van der Waals surface area contributed by atoms with Crippen LogP contribution in [-0.4, -0.2) is 58.4 Å². The number of carbonyl (C=O) groups is 2. The standard InChI is InChI=1S/C21H26N4O3/c1-23(2)20(26)16-8-10-24(11-9-16)21(27)19-17-13-28-18(12-25(17)14-22-19)15-6-4-3-5-7-15/h3-7,14,16,18H,8-13H2,1-2H3. The molecule has 3 heterocycles. The molecule has 0 aliphatic carbocycles. The van der Waals surface area contributed by atoms with E-state index >= 15 is 0 Å². The maximum atomic E-state index is 13.0. The molecule has 0 bridgehead atoms. The van der Waals surface area contributed by atoms with E-state index in [9.17, 15) is 9.59 Å². The van der Waals surface area contributed by atoms with Crippen molar-refractivity contribution in [2.75, 3.05) is 27.2 Å². The highest BCUT2D eigenvalue weighted by Gasteiger charge is 2.32. The molecule has 1 saturated heterocycles. The molecule has 148 valence electrons. The zero-order valence-corrected chi connectivity index (χ0v) is 16.4. The molecule has 1 fully saturated rings. The molecule has 7 nitrogen and oxygen atoms in total. The quantitative estimate of drug-likeness (QED) is 0.815. The first kappa shape index (κ1) is 18.7. The smallest absolute Gasteiger partial charge is 0.274 e. The average molecular weight is 382 g/mol. The second-order valence-corrected chi connectivity index (χ2v) is 7.70. The van der Waals surface area contributed by atoms with Crippen molar-refractivity contribution in [2.45, 2.75) is 32.1 Å². The molecule has 2 aliphatic heterocycles. The lowest BCUT2D eigenvalue weighted by atomic mass is 9.95. The summed E-state index contributed by atoms with van der Waals surface area (Å²) in [5.41, 5.74) is 2.44. The van der Waals surface area contributed by atoms with Gasteiger partial charge in [0.15, 0.2) is 5.69 Å². The average Bonchev–Trinajstić information content (AvgIpc) is 3.16. The summed E-state index contributed by atoms with van der Waals surface area (Å²) in [7, 11) is 3.56. The molecule has 1 aromatic carbocycles. The predicted octanol–water partition coefficient (Wildman–Crippen LogP) is 2.09. The summed E-state index contributed by atoms with van der Waals surface area (Å²) in [6.07, 6.45) is 3.11. The van der Waals surface area contributed by atoms with Crippen LogP contribution in [0.5, 0.6) is 0 Å². The predicted molar refractivity (Wildman–Crippen MR) is 104 cm³/mol. The second kappa shape index (κ2) is 7.75. The summed E-state index contributed by atoms with van der Waals surface area (Å²) in [6, 6.07) is 10.1. The SMILES string of the molecule is CN(C)C(=O)C1CCN(C(=O)c2ncn3c2COC(c2ccccc2)C3)CC1. The molecule has 4 rings (SSSR count). The van der Waals surface area contributed by atoms with E-state index in [0.29, 0.717) is 44.8 Å². The highest BCUT2D eigenvalue weighted by atomic mass is 16.5. The van der Waals surface area contributed by atoms with Crippen LogP contribution in [0.25, 0.3) is 0 Å². The number of imidazole rings is 1. The largest absolute Gasteiger partial charge is 0.365 e. The molecular weight excluding hydrogens is 356 g/mol. The zero-order valence-electron chi connectivity index (χ0n) is 16.4. The van der Waals surface area contributed by atoms with Crippen LogP contribution in [0.1, 0.15) is 40.7 Å². The van der Waals surface area contributed by atoms with Gasteiger partial charge < -0.3 is 19.1 Å². The van der Waals surface area contributed by atoms with E-state index in [2.05, 4.69) is 17.1 Å². The molecule has 2 aromatic rings. The summed E-state index contributed by atoms with van der Waals surface area (Å²) < 4.78 is 8.04. The van der Waals surface area contributed by atoms with Gasteiger partial charge in [-0.05, 0) is 18.4 Å². The van der Waals surface area contributed by atoms with Crippen LogP contribution in [0, 0.1) is 5.92 Å². The van der Waals surface area contributed by atoms with Gasteiger partial charge in [0.25, 0.3) is 5.91 Å². The van der Waals surface area contributed by atoms with Gasteiger partial charge in [-0.3, -0.25) is 9.59 Å². The topological polar surface area (TPSA) is 67.7 Å². The Morgan fingerprint density at radius 3 is 2.54 bits per heavy atom. The second-order valence-electron chi connectivity index (χ2n) is 7.70. The zero-order chi connectivity index (χ0) is 19.7. The van der Waals surface area contributed by atoms with Crippen molar-refractivity contribution >= 4 is 11.8 Å². The molecule has 0 N–H and O–H groups in total. The maximum Gasteiger partial charge on any atom is 0.274 e. The Kier molecular flexibility index (Phi) is 5.17. The number of rotatable bonds is 3. The molecule has 28 heavy (non-hydrogen) atoms. The summed E-state index contributed by atoms with van der Waals surface area (Å²) in [5.74, 6) is 0.0861. The van der Waals surface area contributed by atoms with Crippen molar-refractivity contribution < 1.29 is 14.3 Å². The van der Waals surface area contributed by atoms with Crippen molar-refractivity contribution in [2.24, 2.45) is 5.92 Å². The number of hydrogen-bond donors (Lipinski definition) is 0. The van der Waals surface area contributed by atoms with Crippen LogP contribution in [0.4, 0.5) is 0 Å². The van der Waals surface area contributed by atoms with E-state index in [4.69, 9.17) is 4.74 Å². The number of hydrogen-bond acceptors (Lipinski definition) is 4. The number of carbonyl (C=O) groups excluding carboxylic acids is 2. The van der Waals surface area contributed by atoms with Crippen molar-refractivity contribution in [1.29, 1.82) is 0 Å². The van der Waals surface area contributed by atoms with Gasteiger partial charge in [-0.15, -0.1) is 0 Å². The van der Waals surface area contributed by atoms with Crippen LogP contribution in [0.2, 0.25) is 0 Å². The first-order valence-corrected chi connectivity index (χ1v) is 9.75. The maximum absolute atomic E-state index is 13.0. The van der Waals surface area contributed by atoms with E-state index in [1.165, 1.54) is 0 Å². The molecule has 1 atom stereocenters. The molecular formula is C21H26N4O3. The van der Waals surface area contributed by atoms with Crippen molar-refractivity contribution in [3.63, 3.8) is 0 Å². The van der Waals surface area contributed by atoms with Crippen LogP contribution < -0.4 is 0 Å². The van der Waals surface area contributed by atoms with Gasteiger partial charge in [-0.1, -0.05) is 30.3 Å². The normalized spacial score (nSPS) is 19.9. The van der Waals surface area contributed by atoms with E-state index in [1.807, 2.05) is 27.7 Å². The third-order valence-corrected chi connectivity index (χ3v) is 5.68. The van der Waals surface area contributed by atoms with Gasteiger partial charge >= 0.3 is 0 Å². The summed E-state index contributed by atoms with van der Waals surface area (Å²) in [4.78, 5) is 33.0. The Morgan fingerprint density at radius 2 is 1.86 bits per heavy atom. The molecule has 0 radical (unpaired) electrons. The molecule has 7 heteroatoms. The fraction of sp³-hybridized carbons (Fsp3) is 0.476. The van der Waals surface area contributed by atoms with Crippen LogP contribution in [-0.2, 0) is 22.7 Å². The minimum absolute atomic E-state index is 0.00456. The third-order valence-electron chi connectivity index (χ3n) is 5.68. The molecule has 1 unspecified atom stereocenters. The van der Waals surface area contributed by atoms with Gasteiger partial charge in [0.1, 0.15) is 6.10 Å². The summed E-state index contributed by atoms with van der Waals surface area (Å²) >= 11 is 0. The van der Waals surface area contributed by atoms with E-state index in [1.54, 1.807) is 25.3 Å². The number of aromatic nitrogens is 2. The highest BCUT2D eigenvalue weighted by molar-refractivity contribution is 5.93. The number of benzene rings is 1. The molecule has 2 aliphatic rings. The van der Waals surface area contributed by atoms with Crippen LogP contribution in [0.3, 0.4) is 0 Å². The monoisotopic (exact) mass is 382 g/mol. The van der Waals surface area contributed by atoms with Gasteiger partial charge in [-0.2, -0.15) is 0 Å². The van der Waals surface area contributed by atoms with E-state index in [0.717, 1.165) is 11.3 Å². The number of fused-ring (bicyclic) bond motifs is 1. The number of ether oxygens (including phenoxy) is 1. The lowest BCUT2D eigenvalue weighted by Crippen LogP contribution is -2.43. The fourth-order valence-corrected chi connectivity index (χ4v) is 4.02. The van der Waals surface area contributed by atoms with E-state index < -0.39 is 0 Å². The van der Waals surface area contributed by atoms with Gasteiger partial charge in [0.05, 0.1) is 25.2 Å². The first-order valence-electron chi connectivity index (χ1n) is 9.75. The lowest BCUT2D eigenvalue weighted by molar-refractivity contribution is -0.134. The third kappa shape index (κ3) is 3.54. The Labute approximate surface area is 164 Å². The molecule has 1 aromatic heterocycles. The van der Waals surface area contributed by atoms with Crippen molar-refractivity contribution in [1.82, 2.24) is 19.4 Å². The van der Waals surface area contributed by atoms with Crippen LogP contribution in [0.15, 0.2) is 36.7 Å². The van der Waals surface area contributed by atoms with Gasteiger partial charge in [0, 0.05) is 33.1 Å². The van der Waals surface area contributed by atoms with Gasteiger partial charge in [0.2, 0.25) is 5.91 Å². The Hall–Kier alpha value is -2.67. The Balaban J connectivity index is 1.42. The van der Waals surface area contributed by atoms with Crippen molar-refractivity contribution in [3.8, 4) is 0 Å². The Morgan fingerprint density at radius 1 is 1.14 bits per heavy atom. The number of nitrogens with zero attached hydrogens (tertiary/aromatic N) is 4. The summed E-state index contributed by atoms with van der Waals surface area (Å²) in [5, 5.41) is 0. The molecule has 2 amide bonds. The highest BCUT2D eigenvalue weighted by Crippen LogP contribution is 2.28. The van der Waals surface area contributed by atoms with E-state index in [-0.39, 0.29) is 23.8 Å². The number of amides is 2.